The van der Waals surface area contributed by atoms with E-state index in [1.807, 2.05) is 0 Å². The summed E-state index contributed by atoms with van der Waals surface area (Å²) in [6.07, 6.45) is 1.89. The lowest BCUT2D eigenvalue weighted by atomic mass is 10.0. The number of aryl methyl sites for hydroxylation is 1. The minimum absolute atomic E-state index is 0. The second-order valence-electron chi connectivity index (χ2n) is 3.69. The lowest BCUT2D eigenvalue weighted by molar-refractivity contribution is 0.407. The summed E-state index contributed by atoms with van der Waals surface area (Å²) in [5, 5.41) is 0. The van der Waals surface area contributed by atoms with Gasteiger partial charge in [0.15, 0.2) is 0 Å². The minimum Gasteiger partial charge on any atom is -0.496 e. The van der Waals surface area contributed by atoms with Gasteiger partial charge in [-0.05, 0) is 37.0 Å². The Morgan fingerprint density at radius 3 is 2.60 bits per heavy atom. The Morgan fingerprint density at radius 2 is 2.07 bits per heavy atom. The van der Waals surface area contributed by atoms with Gasteiger partial charge in [0, 0.05) is 6.04 Å². The first-order chi connectivity index (χ1) is 6.67. The van der Waals surface area contributed by atoms with E-state index in [1.54, 1.807) is 7.11 Å². The van der Waals surface area contributed by atoms with Crippen LogP contribution < -0.4 is 10.5 Å². The van der Waals surface area contributed by atoms with Crippen molar-refractivity contribution in [1.29, 1.82) is 0 Å². The zero-order valence-corrected chi connectivity index (χ0v) is 10.4. The summed E-state index contributed by atoms with van der Waals surface area (Å²) in [6.45, 7) is 4.16. The highest BCUT2D eigenvalue weighted by molar-refractivity contribution is 5.85. The Labute approximate surface area is 98.2 Å². The Bertz CT molecular complexity index is 302. The largest absolute Gasteiger partial charge is 0.496 e. The van der Waals surface area contributed by atoms with Gasteiger partial charge in [0.2, 0.25) is 0 Å². The van der Waals surface area contributed by atoms with Crippen LogP contribution in [-0.2, 0) is 6.42 Å². The third-order valence-electron chi connectivity index (χ3n) is 2.45. The third-order valence-corrected chi connectivity index (χ3v) is 2.45. The van der Waals surface area contributed by atoms with E-state index in [9.17, 15) is 0 Å². The maximum atomic E-state index is 5.91. The summed E-state index contributed by atoms with van der Waals surface area (Å²) in [6, 6.07) is 6.48. The monoisotopic (exact) mass is 229 g/mol. The van der Waals surface area contributed by atoms with Crippen LogP contribution >= 0.6 is 12.4 Å². The Hall–Kier alpha value is -0.730. The molecule has 0 aliphatic heterocycles. The summed E-state index contributed by atoms with van der Waals surface area (Å²) < 4.78 is 5.32. The van der Waals surface area contributed by atoms with Crippen LogP contribution in [0.5, 0.6) is 5.75 Å². The molecule has 0 radical (unpaired) electrons. The van der Waals surface area contributed by atoms with Gasteiger partial charge in [0.05, 0.1) is 7.11 Å². The molecular formula is C12H20ClNO. The number of rotatable bonds is 4. The van der Waals surface area contributed by atoms with E-state index in [1.165, 1.54) is 11.1 Å². The molecule has 0 aliphatic carbocycles. The van der Waals surface area contributed by atoms with Gasteiger partial charge < -0.3 is 10.5 Å². The molecule has 15 heavy (non-hydrogen) atoms. The molecule has 1 aromatic carbocycles. The molecule has 0 amide bonds. The molecule has 3 heteroatoms. The topological polar surface area (TPSA) is 35.2 Å². The quantitative estimate of drug-likeness (QED) is 0.862. The molecule has 2 N–H and O–H groups in total. The number of nitrogens with two attached hydrogens (primary N) is 1. The van der Waals surface area contributed by atoms with Gasteiger partial charge in [-0.1, -0.05) is 19.1 Å². The van der Waals surface area contributed by atoms with E-state index in [0.717, 1.165) is 18.6 Å². The van der Waals surface area contributed by atoms with Crippen LogP contribution in [0.15, 0.2) is 18.2 Å². The first-order valence-corrected chi connectivity index (χ1v) is 5.06. The average Bonchev–Trinajstić information content (AvgIpc) is 2.20. The standard InChI is InChI=1S/C12H19NO.ClH/c1-4-11(13)8-10-6-5-9(2)7-12(10)14-3;/h5-7,11H,4,8,13H2,1-3H3;1H. The predicted molar refractivity (Wildman–Crippen MR) is 66.9 cm³/mol. The van der Waals surface area contributed by atoms with Gasteiger partial charge in [0.1, 0.15) is 5.75 Å². The highest BCUT2D eigenvalue weighted by atomic mass is 35.5. The fourth-order valence-electron chi connectivity index (χ4n) is 1.45. The van der Waals surface area contributed by atoms with Crippen LogP contribution in [0.2, 0.25) is 0 Å². The molecule has 0 saturated carbocycles. The molecule has 0 aliphatic rings. The highest BCUT2D eigenvalue weighted by Gasteiger charge is 2.06. The molecule has 1 aromatic rings. The number of methoxy groups -OCH3 is 1. The van der Waals surface area contributed by atoms with E-state index in [4.69, 9.17) is 10.5 Å². The molecule has 0 fully saturated rings. The molecule has 0 heterocycles. The Kier molecular flexibility index (Phi) is 6.37. The van der Waals surface area contributed by atoms with E-state index in [2.05, 4.69) is 32.0 Å². The molecule has 0 bridgehead atoms. The van der Waals surface area contributed by atoms with Gasteiger partial charge in [-0.3, -0.25) is 0 Å². The second kappa shape index (κ2) is 6.70. The number of benzene rings is 1. The molecule has 0 spiro atoms. The molecule has 1 rings (SSSR count). The number of hydrogen-bond acceptors (Lipinski definition) is 2. The SMILES string of the molecule is CCC(N)Cc1ccc(C)cc1OC.Cl. The normalized spacial score (nSPS) is 11.7. The van der Waals surface area contributed by atoms with E-state index in [-0.39, 0.29) is 18.4 Å². The minimum atomic E-state index is 0. The van der Waals surface area contributed by atoms with Crippen molar-refractivity contribution in [3.05, 3.63) is 29.3 Å². The Morgan fingerprint density at radius 1 is 1.40 bits per heavy atom. The maximum absolute atomic E-state index is 5.91. The summed E-state index contributed by atoms with van der Waals surface area (Å²) in [5.41, 5.74) is 8.33. The van der Waals surface area contributed by atoms with Crippen LogP contribution in [0.1, 0.15) is 24.5 Å². The maximum Gasteiger partial charge on any atom is 0.122 e. The van der Waals surface area contributed by atoms with E-state index >= 15 is 0 Å². The predicted octanol–water partition coefficient (Wildman–Crippen LogP) is 2.71. The molecular weight excluding hydrogens is 210 g/mol. The van der Waals surface area contributed by atoms with E-state index in [0.29, 0.717) is 0 Å². The van der Waals surface area contributed by atoms with Crippen molar-refractivity contribution in [2.45, 2.75) is 32.7 Å². The van der Waals surface area contributed by atoms with Crippen molar-refractivity contribution in [1.82, 2.24) is 0 Å². The van der Waals surface area contributed by atoms with Gasteiger partial charge >= 0.3 is 0 Å². The van der Waals surface area contributed by atoms with Gasteiger partial charge in [-0.15, -0.1) is 12.4 Å². The van der Waals surface area contributed by atoms with Gasteiger partial charge in [-0.25, -0.2) is 0 Å². The summed E-state index contributed by atoms with van der Waals surface area (Å²) in [7, 11) is 1.70. The van der Waals surface area contributed by atoms with Crippen molar-refractivity contribution < 1.29 is 4.74 Å². The zero-order valence-electron chi connectivity index (χ0n) is 9.62. The summed E-state index contributed by atoms with van der Waals surface area (Å²) >= 11 is 0. The third kappa shape index (κ3) is 4.10. The highest BCUT2D eigenvalue weighted by Crippen LogP contribution is 2.21. The lowest BCUT2D eigenvalue weighted by Gasteiger charge is -2.12. The van der Waals surface area contributed by atoms with Crippen LogP contribution in [0.3, 0.4) is 0 Å². The summed E-state index contributed by atoms with van der Waals surface area (Å²) in [4.78, 5) is 0. The lowest BCUT2D eigenvalue weighted by Crippen LogP contribution is -2.21. The smallest absolute Gasteiger partial charge is 0.122 e. The van der Waals surface area contributed by atoms with Crippen molar-refractivity contribution in [2.75, 3.05) is 7.11 Å². The van der Waals surface area contributed by atoms with Crippen molar-refractivity contribution in [3.63, 3.8) is 0 Å². The van der Waals surface area contributed by atoms with Gasteiger partial charge in [-0.2, -0.15) is 0 Å². The van der Waals surface area contributed by atoms with Crippen LogP contribution in [0.4, 0.5) is 0 Å². The molecule has 0 saturated heterocycles. The summed E-state index contributed by atoms with van der Waals surface area (Å²) in [5.74, 6) is 0.953. The molecule has 2 nitrogen and oxygen atoms in total. The molecule has 1 atom stereocenters. The Balaban J connectivity index is 0.00000196. The number of hydrogen-bond donors (Lipinski definition) is 1. The van der Waals surface area contributed by atoms with Crippen molar-refractivity contribution in [2.24, 2.45) is 5.73 Å². The van der Waals surface area contributed by atoms with Crippen LogP contribution in [-0.4, -0.2) is 13.2 Å². The van der Waals surface area contributed by atoms with Gasteiger partial charge in [0.25, 0.3) is 0 Å². The molecule has 0 aromatic heterocycles. The first-order valence-electron chi connectivity index (χ1n) is 5.06. The fourth-order valence-corrected chi connectivity index (χ4v) is 1.45. The fraction of sp³-hybridized carbons (Fsp3) is 0.500. The number of halogens is 1. The van der Waals surface area contributed by atoms with Crippen LogP contribution in [0, 0.1) is 6.92 Å². The molecule has 86 valence electrons. The van der Waals surface area contributed by atoms with Crippen molar-refractivity contribution >= 4 is 12.4 Å². The van der Waals surface area contributed by atoms with Crippen molar-refractivity contribution in [3.8, 4) is 5.75 Å². The number of ether oxygens (including phenoxy) is 1. The zero-order chi connectivity index (χ0) is 10.6. The average molecular weight is 230 g/mol. The van der Waals surface area contributed by atoms with Crippen LogP contribution in [0.25, 0.3) is 0 Å². The second-order valence-corrected chi connectivity index (χ2v) is 3.69. The molecule has 1 unspecified atom stereocenters. The first kappa shape index (κ1) is 14.3. The van der Waals surface area contributed by atoms with E-state index < -0.39 is 0 Å².